The third kappa shape index (κ3) is 9.33. The smallest absolute Gasteiger partial charge is 0.191 e. The van der Waals surface area contributed by atoms with Crippen LogP contribution in [-0.4, -0.2) is 45.5 Å². The van der Waals surface area contributed by atoms with Gasteiger partial charge in [-0.3, -0.25) is 0 Å². The number of nitrogens with zero attached hydrogens (tertiary/aromatic N) is 1. The van der Waals surface area contributed by atoms with E-state index in [1.807, 2.05) is 25.1 Å². The first-order chi connectivity index (χ1) is 14.7. The molecule has 0 fully saturated rings. The van der Waals surface area contributed by atoms with Crippen LogP contribution in [0, 0.1) is 6.92 Å². The van der Waals surface area contributed by atoms with Crippen LogP contribution in [-0.2, 0) is 22.6 Å². The average Bonchev–Trinajstić information content (AvgIpc) is 3.26. The van der Waals surface area contributed by atoms with E-state index < -0.39 is 0 Å². The first-order valence-electron chi connectivity index (χ1n) is 10.6. The van der Waals surface area contributed by atoms with Crippen LogP contribution in [0.2, 0.25) is 0 Å². The Morgan fingerprint density at radius 3 is 2.73 bits per heavy atom. The van der Waals surface area contributed by atoms with Crippen molar-refractivity contribution in [3.05, 3.63) is 53.5 Å². The minimum atomic E-state index is 0.501. The highest BCUT2D eigenvalue weighted by molar-refractivity contribution is 5.79. The van der Waals surface area contributed by atoms with Crippen molar-refractivity contribution in [1.82, 2.24) is 10.6 Å². The highest BCUT2D eigenvalue weighted by Crippen LogP contribution is 2.21. The Bertz CT molecular complexity index is 732. The first kappa shape index (κ1) is 23.8. The fraction of sp³-hybridized carbons (Fsp3) is 0.522. The number of guanidine groups is 1. The van der Waals surface area contributed by atoms with E-state index in [1.165, 1.54) is 0 Å². The maximum Gasteiger partial charge on any atom is 0.191 e. The molecule has 0 radical (unpaired) electrons. The van der Waals surface area contributed by atoms with Crippen molar-refractivity contribution >= 4 is 5.96 Å². The van der Waals surface area contributed by atoms with E-state index in [0.29, 0.717) is 39.6 Å². The van der Waals surface area contributed by atoms with E-state index in [9.17, 15) is 0 Å². The first-order valence-corrected chi connectivity index (χ1v) is 10.6. The number of rotatable bonds is 14. The standard InChI is InChI=1S/C23H35N3O4/c1-4-24-23(25-11-7-12-28-18-21-8-6-13-29-21)26-17-20-10-9-19(3)16-22(20)30-15-14-27-5-2/h6,8-10,13,16H,4-5,7,11-12,14-15,17-18H2,1-3H3,(H2,24,25,26). The maximum atomic E-state index is 5.91. The normalized spacial score (nSPS) is 11.5. The second-order valence-corrected chi connectivity index (χ2v) is 6.76. The maximum absolute atomic E-state index is 5.91. The zero-order chi connectivity index (χ0) is 21.4. The number of ether oxygens (including phenoxy) is 3. The van der Waals surface area contributed by atoms with E-state index in [-0.39, 0.29) is 0 Å². The fourth-order valence-electron chi connectivity index (χ4n) is 2.74. The molecule has 0 aliphatic carbocycles. The summed E-state index contributed by atoms with van der Waals surface area (Å²) < 4.78 is 22.1. The minimum Gasteiger partial charge on any atom is -0.491 e. The molecule has 0 saturated carbocycles. The average molecular weight is 418 g/mol. The van der Waals surface area contributed by atoms with Crippen LogP contribution in [0.3, 0.4) is 0 Å². The SMILES string of the molecule is CCNC(=NCc1ccc(C)cc1OCCOCC)NCCCOCc1ccco1. The predicted molar refractivity (Wildman–Crippen MR) is 119 cm³/mol. The van der Waals surface area contributed by atoms with Crippen molar-refractivity contribution in [3.8, 4) is 5.75 Å². The highest BCUT2D eigenvalue weighted by atomic mass is 16.5. The summed E-state index contributed by atoms with van der Waals surface area (Å²) in [6.45, 7) is 11.2. The van der Waals surface area contributed by atoms with Crippen LogP contribution in [0.25, 0.3) is 0 Å². The summed E-state index contributed by atoms with van der Waals surface area (Å²) in [4.78, 5) is 4.70. The van der Waals surface area contributed by atoms with Crippen molar-refractivity contribution < 1.29 is 18.6 Å². The molecule has 2 rings (SSSR count). The summed E-state index contributed by atoms with van der Waals surface area (Å²) in [5, 5.41) is 6.63. The predicted octanol–water partition coefficient (Wildman–Crippen LogP) is 3.67. The van der Waals surface area contributed by atoms with E-state index in [0.717, 1.165) is 48.1 Å². The number of hydrogen-bond acceptors (Lipinski definition) is 5. The molecule has 0 atom stereocenters. The molecule has 30 heavy (non-hydrogen) atoms. The van der Waals surface area contributed by atoms with Gasteiger partial charge < -0.3 is 29.3 Å². The van der Waals surface area contributed by atoms with Gasteiger partial charge >= 0.3 is 0 Å². The second-order valence-electron chi connectivity index (χ2n) is 6.76. The summed E-state index contributed by atoms with van der Waals surface area (Å²) in [5.74, 6) is 2.49. The van der Waals surface area contributed by atoms with Gasteiger partial charge in [0.25, 0.3) is 0 Å². The number of benzene rings is 1. The molecule has 166 valence electrons. The minimum absolute atomic E-state index is 0.501. The molecular formula is C23H35N3O4. The molecule has 0 amide bonds. The summed E-state index contributed by atoms with van der Waals surface area (Å²) in [6, 6.07) is 9.97. The van der Waals surface area contributed by atoms with E-state index in [2.05, 4.69) is 36.6 Å². The van der Waals surface area contributed by atoms with Gasteiger partial charge in [-0.25, -0.2) is 4.99 Å². The molecule has 1 aromatic carbocycles. The van der Waals surface area contributed by atoms with Crippen molar-refractivity contribution in [2.24, 2.45) is 4.99 Å². The lowest BCUT2D eigenvalue weighted by molar-refractivity contribution is 0.105. The lowest BCUT2D eigenvalue weighted by Gasteiger charge is -2.14. The Morgan fingerprint density at radius 1 is 1.07 bits per heavy atom. The zero-order valence-corrected chi connectivity index (χ0v) is 18.4. The van der Waals surface area contributed by atoms with Gasteiger partial charge in [0.05, 0.1) is 19.4 Å². The number of furan rings is 1. The van der Waals surface area contributed by atoms with Gasteiger partial charge in [-0.05, 0) is 51.0 Å². The number of nitrogens with one attached hydrogen (secondary N) is 2. The number of hydrogen-bond donors (Lipinski definition) is 2. The van der Waals surface area contributed by atoms with Gasteiger partial charge in [0.1, 0.15) is 24.7 Å². The van der Waals surface area contributed by atoms with E-state index in [4.69, 9.17) is 23.6 Å². The van der Waals surface area contributed by atoms with Gasteiger partial charge in [-0.15, -0.1) is 0 Å². The molecule has 2 N–H and O–H groups in total. The molecule has 1 aromatic heterocycles. The van der Waals surface area contributed by atoms with Crippen LogP contribution in [0.1, 0.15) is 37.2 Å². The second kappa shape index (κ2) is 14.5. The summed E-state index contributed by atoms with van der Waals surface area (Å²) in [7, 11) is 0. The third-order valence-corrected chi connectivity index (χ3v) is 4.25. The summed E-state index contributed by atoms with van der Waals surface area (Å²) >= 11 is 0. The monoisotopic (exact) mass is 417 g/mol. The molecule has 7 nitrogen and oxygen atoms in total. The Labute approximate surface area is 179 Å². The summed E-state index contributed by atoms with van der Waals surface area (Å²) in [5.41, 5.74) is 2.21. The van der Waals surface area contributed by atoms with Gasteiger partial charge in [0.2, 0.25) is 0 Å². The third-order valence-electron chi connectivity index (χ3n) is 4.25. The molecule has 0 bridgehead atoms. The van der Waals surface area contributed by atoms with Crippen LogP contribution < -0.4 is 15.4 Å². The van der Waals surface area contributed by atoms with E-state index in [1.54, 1.807) is 6.26 Å². The largest absolute Gasteiger partial charge is 0.491 e. The quantitative estimate of drug-likeness (QED) is 0.277. The molecule has 7 heteroatoms. The molecular weight excluding hydrogens is 382 g/mol. The number of aliphatic imine (C=N–C) groups is 1. The van der Waals surface area contributed by atoms with Crippen molar-refractivity contribution in [1.29, 1.82) is 0 Å². The molecule has 0 unspecified atom stereocenters. The molecule has 0 aliphatic rings. The summed E-state index contributed by atoms with van der Waals surface area (Å²) in [6.07, 6.45) is 2.53. The Morgan fingerprint density at radius 2 is 1.97 bits per heavy atom. The van der Waals surface area contributed by atoms with Crippen LogP contribution >= 0.6 is 0 Å². The van der Waals surface area contributed by atoms with Gasteiger partial charge in [-0.2, -0.15) is 0 Å². The number of aryl methyl sites for hydroxylation is 1. The zero-order valence-electron chi connectivity index (χ0n) is 18.4. The van der Waals surface area contributed by atoms with Gasteiger partial charge in [0, 0.05) is 31.9 Å². The van der Waals surface area contributed by atoms with Crippen LogP contribution in [0.15, 0.2) is 46.0 Å². The van der Waals surface area contributed by atoms with Crippen molar-refractivity contribution in [2.75, 3.05) is 39.5 Å². The molecule has 1 heterocycles. The van der Waals surface area contributed by atoms with E-state index >= 15 is 0 Å². The van der Waals surface area contributed by atoms with Crippen molar-refractivity contribution in [2.45, 2.75) is 40.3 Å². The topological polar surface area (TPSA) is 77.3 Å². The Balaban J connectivity index is 1.79. The molecule has 2 aromatic rings. The van der Waals surface area contributed by atoms with Crippen LogP contribution in [0.5, 0.6) is 5.75 Å². The van der Waals surface area contributed by atoms with Crippen LogP contribution in [0.4, 0.5) is 0 Å². The molecule has 0 aliphatic heterocycles. The Kier molecular flexibility index (Phi) is 11.5. The fourth-order valence-corrected chi connectivity index (χ4v) is 2.74. The lowest BCUT2D eigenvalue weighted by atomic mass is 10.1. The van der Waals surface area contributed by atoms with Crippen molar-refractivity contribution in [3.63, 3.8) is 0 Å². The Hall–Kier alpha value is -2.51. The molecule has 0 spiro atoms. The highest BCUT2D eigenvalue weighted by Gasteiger charge is 2.05. The molecule has 0 saturated heterocycles. The van der Waals surface area contributed by atoms with Gasteiger partial charge in [-0.1, -0.05) is 12.1 Å². The lowest BCUT2D eigenvalue weighted by Crippen LogP contribution is -2.38. The van der Waals surface area contributed by atoms with Gasteiger partial charge in [0.15, 0.2) is 5.96 Å².